The van der Waals surface area contributed by atoms with E-state index in [-0.39, 0.29) is 5.92 Å². The van der Waals surface area contributed by atoms with Crippen molar-refractivity contribution in [2.24, 2.45) is 0 Å². The number of benzene rings is 1. The zero-order valence-corrected chi connectivity index (χ0v) is 14.9. The Bertz CT molecular complexity index is 462. The van der Waals surface area contributed by atoms with Gasteiger partial charge in [0.25, 0.3) is 0 Å². The summed E-state index contributed by atoms with van der Waals surface area (Å²) in [4.78, 5) is 0. The molecule has 1 rings (SSSR count). The molecule has 0 aliphatic heterocycles. The van der Waals surface area contributed by atoms with Gasteiger partial charge in [0, 0.05) is 5.02 Å². The van der Waals surface area contributed by atoms with Crippen molar-refractivity contribution in [2.75, 3.05) is 6.61 Å². The van der Waals surface area contributed by atoms with Gasteiger partial charge >= 0.3 is 0 Å². The third-order valence-corrected chi connectivity index (χ3v) is 4.31. The highest BCUT2D eigenvalue weighted by atomic mass is 35.5. The van der Waals surface area contributed by atoms with E-state index in [1.165, 1.54) is 0 Å². The van der Waals surface area contributed by atoms with Gasteiger partial charge in [0.15, 0.2) is 0 Å². The average Bonchev–Trinajstić information content (AvgIpc) is 2.48. The summed E-state index contributed by atoms with van der Waals surface area (Å²) in [6.45, 7) is 8.70. The van der Waals surface area contributed by atoms with E-state index in [1.807, 2.05) is 32.9 Å². The second kappa shape index (κ2) is 9.39. The largest absolute Gasteiger partial charge is 0.493 e. The first kappa shape index (κ1) is 19.3. The quantitative estimate of drug-likeness (QED) is 0.704. The van der Waals surface area contributed by atoms with Gasteiger partial charge in [-0.3, -0.25) is 0 Å². The monoisotopic (exact) mass is 328 g/mol. The van der Waals surface area contributed by atoms with Crippen LogP contribution in [-0.2, 0) is 0 Å². The molecule has 1 aromatic rings. The zero-order chi connectivity index (χ0) is 16.7. The molecule has 4 heteroatoms. The highest BCUT2D eigenvalue weighted by Gasteiger charge is 2.22. The number of hydrogen-bond acceptors (Lipinski definition) is 3. The molecule has 0 bridgehead atoms. The van der Waals surface area contributed by atoms with E-state index in [0.29, 0.717) is 24.5 Å². The number of aliphatic hydroxyl groups excluding tert-OH is 2. The molecule has 0 aliphatic rings. The average molecular weight is 329 g/mol. The summed E-state index contributed by atoms with van der Waals surface area (Å²) in [6, 6.07) is 3.88. The minimum absolute atomic E-state index is 0.0615. The number of rotatable bonds is 9. The molecule has 0 amide bonds. The minimum atomic E-state index is -0.728. The molecular weight excluding hydrogens is 300 g/mol. The molecule has 2 N–H and O–H groups in total. The summed E-state index contributed by atoms with van der Waals surface area (Å²) in [5.74, 6) is 0.889. The van der Waals surface area contributed by atoms with Crippen LogP contribution in [0.25, 0.3) is 0 Å². The fraction of sp³-hybridized carbons (Fsp3) is 0.667. The number of aliphatic hydroxyl groups is 2. The smallest absolute Gasteiger partial charge is 0.123 e. The van der Waals surface area contributed by atoms with Gasteiger partial charge in [-0.1, -0.05) is 38.8 Å². The van der Waals surface area contributed by atoms with Crippen molar-refractivity contribution in [3.8, 4) is 5.75 Å². The molecule has 0 spiro atoms. The Morgan fingerprint density at radius 1 is 1.14 bits per heavy atom. The maximum atomic E-state index is 10.1. The van der Waals surface area contributed by atoms with E-state index < -0.39 is 12.2 Å². The van der Waals surface area contributed by atoms with E-state index >= 15 is 0 Å². The van der Waals surface area contributed by atoms with Gasteiger partial charge in [-0.25, -0.2) is 0 Å². The SMILES string of the molecule is CCCOc1cc(C)c(Cl)cc1C(C)CC(O)C(O)CCC. The standard InChI is InChI=1S/C18H29ClO3/c1-5-7-16(20)17(21)9-12(3)14-11-15(19)13(4)10-18(14)22-8-6-2/h10-12,16-17,20-21H,5-9H2,1-4H3. The Labute approximate surface area is 139 Å². The third-order valence-electron chi connectivity index (χ3n) is 3.91. The number of halogens is 1. The first-order chi connectivity index (χ1) is 10.4. The number of ether oxygens (including phenoxy) is 1. The van der Waals surface area contributed by atoms with E-state index in [4.69, 9.17) is 16.3 Å². The van der Waals surface area contributed by atoms with Crippen LogP contribution in [0.4, 0.5) is 0 Å². The van der Waals surface area contributed by atoms with Crippen LogP contribution in [0.2, 0.25) is 5.02 Å². The first-order valence-electron chi connectivity index (χ1n) is 8.19. The molecule has 0 aliphatic carbocycles. The van der Waals surface area contributed by atoms with Gasteiger partial charge in [-0.2, -0.15) is 0 Å². The summed E-state index contributed by atoms with van der Waals surface area (Å²) >= 11 is 6.25. The zero-order valence-electron chi connectivity index (χ0n) is 14.1. The van der Waals surface area contributed by atoms with Crippen molar-refractivity contribution < 1.29 is 14.9 Å². The molecule has 0 saturated heterocycles. The normalized spacial score (nSPS) is 15.4. The Kier molecular flexibility index (Phi) is 8.23. The number of hydrogen-bond donors (Lipinski definition) is 2. The Hall–Kier alpha value is -0.770. The molecule has 1 aromatic carbocycles. The van der Waals surface area contributed by atoms with Crippen LogP contribution in [0, 0.1) is 6.92 Å². The number of aryl methyl sites for hydroxylation is 1. The summed E-state index contributed by atoms with van der Waals surface area (Å²) in [7, 11) is 0. The molecule has 0 saturated carbocycles. The van der Waals surface area contributed by atoms with Crippen molar-refractivity contribution >= 4 is 11.6 Å². The maximum absolute atomic E-state index is 10.1. The van der Waals surface area contributed by atoms with Gasteiger partial charge < -0.3 is 14.9 Å². The van der Waals surface area contributed by atoms with Gasteiger partial charge in [-0.05, 0) is 55.4 Å². The van der Waals surface area contributed by atoms with Crippen molar-refractivity contribution in [2.45, 2.75) is 71.5 Å². The molecule has 0 aromatic heterocycles. The maximum Gasteiger partial charge on any atom is 0.123 e. The minimum Gasteiger partial charge on any atom is -0.493 e. The molecule has 0 heterocycles. The predicted molar refractivity (Wildman–Crippen MR) is 91.9 cm³/mol. The van der Waals surface area contributed by atoms with Gasteiger partial charge in [-0.15, -0.1) is 0 Å². The fourth-order valence-corrected chi connectivity index (χ4v) is 2.70. The van der Waals surface area contributed by atoms with Crippen molar-refractivity contribution in [1.82, 2.24) is 0 Å². The molecular formula is C18H29ClO3. The molecule has 3 atom stereocenters. The fourth-order valence-electron chi connectivity index (χ4n) is 2.53. The second-order valence-electron chi connectivity index (χ2n) is 6.05. The first-order valence-corrected chi connectivity index (χ1v) is 8.57. The van der Waals surface area contributed by atoms with E-state index in [2.05, 4.69) is 6.92 Å². The highest BCUT2D eigenvalue weighted by molar-refractivity contribution is 6.31. The predicted octanol–water partition coefficient (Wildman–Crippen LogP) is 4.45. The molecule has 3 unspecified atom stereocenters. The summed E-state index contributed by atoms with van der Waals surface area (Å²) in [5.41, 5.74) is 1.97. The van der Waals surface area contributed by atoms with E-state index in [1.54, 1.807) is 0 Å². The van der Waals surface area contributed by atoms with E-state index in [9.17, 15) is 10.2 Å². The van der Waals surface area contributed by atoms with Gasteiger partial charge in [0.05, 0.1) is 18.8 Å². The van der Waals surface area contributed by atoms with Crippen LogP contribution in [0.5, 0.6) is 5.75 Å². The van der Waals surface area contributed by atoms with Crippen LogP contribution in [0.1, 0.15) is 63.5 Å². The molecule has 3 nitrogen and oxygen atoms in total. The van der Waals surface area contributed by atoms with Crippen LogP contribution in [-0.4, -0.2) is 29.0 Å². The lowest BCUT2D eigenvalue weighted by molar-refractivity contribution is 0.00626. The third kappa shape index (κ3) is 5.45. The van der Waals surface area contributed by atoms with Gasteiger partial charge in [0.1, 0.15) is 5.75 Å². The van der Waals surface area contributed by atoms with Crippen molar-refractivity contribution in [1.29, 1.82) is 0 Å². The Balaban J connectivity index is 2.90. The van der Waals surface area contributed by atoms with Crippen molar-refractivity contribution in [3.05, 3.63) is 28.3 Å². The highest BCUT2D eigenvalue weighted by Crippen LogP contribution is 2.35. The Morgan fingerprint density at radius 3 is 2.41 bits per heavy atom. The summed E-state index contributed by atoms with van der Waals surface area (Å²) in [5, 5.41) is 20.8. The van der Waals surface area contributed by atoms with E-state index in [0.717, 1.165) is 29.7 Å². The second-order valence-corrected chi connectivity index (χ2v) is 6.46. The molecule has 22 heavy (non-hydrogen) atoms. The lowest BCUT2D eigenvalue weighted by Gasteiger charge is -2.23. The topological polar surface area (TPSA) is 49.7 Å². The van der Waals surface area contributed by atoms with Crippen LogP contribution >= 0.6 is 11.6 Å². The molecule has 0 radical (unpaired) electrons. The summed E-state index contributed by atoms with van der Waals surface area (Å²) in [6.07, 6.45) is 1.49. The van der Waals surface area contributed by atoms with Crippen LogP contribution in [0.15, 0.2) is 12.1 Å². The van der Waals surface area contributed by atoms with Crippen LogP contribution < -0.4 is 4.74 Å². The molecule has 126 valence electrons. The van der Waals surface area contributed by atoms with Crippen LogP contribution in [0.3, 0.4) is 0 Å². The Morgan fingerprint density at radius 2 is 1.82 bits per heavy atom. The molecule has 0 fully saturated rings. The van der Waals surface area contributed by atoms with Crippen molar-refractivity contribution in [3.63, 3.8) is 0 Å². The lowest BCUT2D eigenvalue weighted by atomic mass is 9.91. The van der Waals surface area contributed by atoms with Gasteiger partial charge in [0.2, 0.25) is 0 Å². The lowest BCUT2D eigenvalue weighted by Crippen LogP contribution is -2.27. The summed E-state index contributed by atoms with van der Waals surface area (Å²) < 4.78 is 5.83.